The number of hydrogen-bond acceptors (Lipinski definition) is 6. The number of aromatic nitrogens is 1. The molecule has 0 saturated carbocycles. The summed E-state index contributed by atoms with van der Waals surface area (Å²) < 4.78 is 5.74. The molecule has 9 heteroatoms. The number of amides is 2. The number of ether oxygens (including phenoxy) is 1. The fourth-order valence-electron chi connectivity index (χ4n) is 3.23. The van der Waals surface area contributed by atoms with E-state index in [9.17, 15) is 19.5 Å². The molecule has 2 heterocycles. The molecule has 3 unspecified atom stereocenters. The van der Waals surface area contributed by atoms with E-state index >= 15 is 0 Å². The summed E-state index contributed by atoms with van der Waals surface area (Å²) >= 11 is 0. The zero-order valence-electron chi connectivity index (χ0n) is 16.7. The van der Waals surface area contributed by atoms with Crippen molar-refractivity contribution in [3.05, 3.63) is 24.0 Å². The molecule has 1 saturated heterocycles. The highest BCUT2D eigenvalue weighted by Crippen LogP contribution is 2.21. The number of carbonyl (C=O) groups excluding carboxylic acids is 2. The summed E-state index contributed by atoms with van der Waals surface area (Å²) in [7, 11) is 0. The van der Waals surface area contributed by atoms with Crippen molar-refractivity contribution in [3.8, 4) is 0 Å². The Morgan fingerprint density at radius 3 is 2.57 bits per heavy atom. The van der Waals surface area contributed by atoms with Gasteiger partial charge in [-0.05, 0) is 32.9 Å². The van der Waals surface area contributed by atoms with Crippen LogP contribution in [0.25, 0.3) is 0 Å². The van der Waals surface area contributed by atoms with Crippen molar-refractivity contribution in [2.45, 2.75) is 45.9 Å². The molecule has 0 radical (unpaired) electrons. The van der Waals surface area contributed by atoms with Gasteiger partial charge in [0.15, 0.2) is 0 Å². The van der Waals surface area contributed by atoms with Crippen molar-refractivity contribution in [2.24, 2.45) is 0 Å². The maximum absolute atomic E-state index is 13.0. The molecule has 2 amide bonds. The first-order chi connectivity index (χ1) is 13.2. The van der Waals surface area contributed by atoms with Gasteiger partial charge in [0, 0.05) is 45.0 Å². The number of rotatable bonds is 7. The van der Waals surface area contributed by atoms with Crippen LogP contribution in [-0.2, 0) is 14.3 Å². The molecule has 9 nitrogen and oxygen atoms in total. The molecule has 154 valence electrons. The van der Waals surface area contributed by atoms with Gasteiger partial charge in [-0.25, -0.2) is 4.79 Å². The number of aliphatic carboxylic acids is 1. The summed E-state index contributed by atoms with van der Waals surface area (Å²) in [5.41, 5.74) is 1.00. The number of morpholine rings is 1. The number of hydrogen-bond donors (Lipinski definition) is 2. The summed E-state index contributed by atoms with van der Waals surface area (Å²) in [6.45, 7) is 8.41. The van der Waals surface area contributed by atoms with Crippen LogP contribution in [0.2, 0.25) is 0 Å². The predicted molar refractivity (Wildman–Crippen MR) is 103 cm³/mol. The van der Waals surface area contributed by atoms with E-state index in [-0.39, 0.29) is 36.9 Å². The smallest absolute Gasteiger partial charge is 0.326 e. The van der Waals surface area contributed by atoms with Crippen LogP contribution in [0, 0.1) is 0 Å². The van der Waals surface area contributed by atoms with E-state index in [1.165, 1.54) is 18.7 Å². The van der Waals surface area contributed by atoms with E-state index in [4.69, 9.17) is 4.74 Å². The molecule has 1 aliphatic rings. The molecule has 1 aromatic rings. The third-order valence-electron chi connectivity index (χ3n) is 4.56. The Bertz CT molecular complexity index is 716. The van der Waals surface area contributed by atoms with E-state index in [1.807, 2.05) is 19.9 Å². The summed E-state index contributed by atoms with van der Waals surface area (Å²) in [5.74, 6) is -1.86. The molecule has 28 heavy (non-hydrogen) atoms. The molecule has 1 fully saturated rings. The Labute approximate surface area is 164 Å². The largest absolute Gasteiger partial charge is 0.480 e. The Morgan fingerprint density at radius 2 is 2.00 bits per heavy atom. The average molecular weight is 392 g/mol. The minimum Gasteiger partial charge on any atom is -0.480 e. The van der Waals surface area contributed by atoms with Crippen LogP contribution in [0.4, 0.5) is 5.69 Å². The van der Waals surface area contributed by atoms with E-state index in [1.54, 1.807) is 12.3 Å². The summed E-state index contributed by atoms with van der Waals surface area (Å²) in [4.78, 5) is 43.0. The van der Waals surface area contributed by atoms with Gasteiger partial charge in [0.1, 0.15) is 11.7 Å². The van der Waals surface area contributed by atoms with E-state index in [0.717, 1.165) is 5.69 Å². The topological polar surface area (TPSA) is 112 Å². The maximum Gasteiger partial charge on any atom is 0.326 e. The lowest BCUT2D eigenvalue weighted by Crippen LogP contribution is -2.47. The number of pyridine rings is 1. The Kier molecular flexibility index (Phi) is 7.33. The van der Waals surface area contributed by atoms with Crippen molar-refractivity contribution in [3.63, 3.8) is 0 Å². The SMILES string of the molecule is CC(=O)NCCN(C(=O)c1cc(N2CC(C)OC(C)C2)ccn1)C(C)C(=O)O. The fraction of sp³-hybridized carbons (Fsp3) is 0.579. The molecule has 0 bridgehead atoms. The van der Waals surface area contributed by atoms with E-state index in [2.05, 4.69) is 15.2 Å². The van der Waals surface area contributed by atoms with Crippen molar-refractivity contribution < 1.29 is 24.2 Å². The second kappa shape index (κ2) is 9.50. The van der Waals surface area contributed by atoms with Crippen LogP contribution in [-0.4, -0.2) is 77.2 Å². The van der Waals surface area contributed by atoms with Crippen molar-refractivity contribution in [1.82, 2.24) is 15.2 Å². The summed E-state index contributed by atoms with van der Waals surface area (Å²) in [6, 6.07) is 2.45. The normalized spacial score (nSPS) is 20.4. The van der Waals surface area contributed by atoms with Gasteiger partial charge in [-0.15, -0.1) is 0 Å². The standard InChI is InChI=1S/C19H28N4O5/c1-12-10-22(11-13(2)28-12)16-5-6-21-17(9-16)18(25)23(14(3)19(26)27)8-7-20-15(4)24/h5-6,9,12-14H,7-8,10-11H2,1-4H3,(H,20,24)(H,26,27). The third-order valence-corrected chi connectivity index (χ3v) is 4.56. The summed E-state index contributed by atoms with van der Waals surface area (Å²) in [5, 5.41) is 11.9. The lowest BCUT2D eigenvalue weighted by molar-refractivity contribution is -0.141. The summed E-state index contributed by atoms with van der Waals surface area (Å²) in [6.07, 6.45) is 1.68. The van der Waals surface area contributed by atoms with Crippen molar-refractivity contribution in [2.75, 3.05) is 31.1 Å². The van der Waals surface area contributed by atoms with Gasteiger partial charge >= 0.3 is 5.97 Å². The van der Waals surface area contributed by atoms with Crippen molar-refractivity contribution in [1.29, 1.82) is 0 Å². The number of carbonyl (C=O) groups is 3. The van der Waals surface area contributed by atoms with Gasteiger partial charge in [0.2, 0.25) is 5.91 Å². The number of anilines is 1. The van der Waals surface area contributed by atoms with Crippen molar-refractivity contribution >= 4 is 23.5 Å². The van der Waals surface area contributed by atoms with Crippen LogP contribution in [0.5, 0.6) is 0 Å². The second-order valence-electron chi connectivity index (χ2n) is 7.06. The van der Waals surface area contributed by atoms with Gasteiger partial charge in [-0.3, -0.25) is 14.6 Å². The Hall–Kier alpha value is -2.68. The van der Waals surface area contributed by atoms with Gasteiger partial charge in [0.25, 0.3) is 5.91 Å². The molecule has 2 N–H and O–H groups in total. The molecule has 0 aliphatic carbocycles. The lowest BCUT2D eigenvalue weighted by atomic mass is 10.2. The number of carboxylic acid groups (broad SMARTS) is 1. The highest BCUT2D eigenvalue weighted by Gasteiger charge is 2.28. The molecule has 1 aromatic heterocycles. The van der Waals surface area contributed by atoms with Crippen LogP contribution in [0.15, 0.2) is 18.3 Å². The zero-order chi connectivity index (χ0) is 20.8. The fourth-order valence-corrected chi connectivity index (χ4v) is 3.23. The van der Waals surface area contributed by atoms with E-state index in [0.29, 0.717) is 13.1 Å². The monoisotopic (exact) mass is 392 g/mol. The average Bonchev–Trinajstić information content (AvgIpc) is 2.63. The minimum absolute atomic E-state index is 0.0669. The Morgan fingerprint density at radius 1 is 1.36 bits per heavy atom. The minimum atomic E-state index is -1.12. The first kappa shape index (κ1) is 21.6. The third kappa shape index (κ3) is 5.66. The first-order valence-electron chi connectivity index (χ1n) is 9.33. The molecular formula is C19H28N4O5. The lowest BCUT2D eigenvalue weighted by Gasteiger charge is -2.37. The number of nitrogens with one attached hydrogen (secondary N) is 1. The van der Waals surface area contributed by atoms with Gasteiger partial charge in [0.05, 0.1) is 12.2 Å². The maximum atomic E-state index is 13.0. The van der Waals surface area contributed by atoms with Crippen LogP contribution in [0.1, 0.15) is 38.2 Å². The first-order valence-corrected chi connectivity index (χ1v) is 9.33. The highest BCUT2D eigenvalue weighted by molar-refractivity contribution is 5.95. The van der Waals surface area contributed by atoms with Crippen LogP contribution in [0.3, 0.4) is 0 Å². The molecule has 2 rings (SSSR count). The second-order valence-corrected chi connectivity index (χ2v) is 7.06. The number of carboxylic acids is 1. The molecule has 0 aromatic carbocycles. The van der Waals surface area contributed by atoms with Gasteiger partial charge < -0.3 is 25.0 Å². The van der Waals surface area contributed by atoms with Gasteiger partial charge in [-0.1, -0.05) is 0 Å². The molecule has 0 spiro atoms. The predicted octanol–water partition coefficient (Wildman–Crippen LogP) is 0.747. The number of nitrogens with zero attached hydrogens (tertiary/aromatic N) is 3. The molecule has 3 atom stereocenters. The van der Waals surface area contributed by atoms with E-state index < -0.39 is 17.9 Å². The van der Waals surface area contributed by atoms with Crippen LogP contribution < -0.4 is 10.2 Å². The Balaban J connectivity index is 2.21. The zero-order valence-corrected chi connectivity index (χ0v) is 16.7. The van der Waals surface area contributed by atoms with Crippen LogP contribution >= 0.6 is 0 Å². The molecular weight excluding hydrogens is 364 g/mol. The molecule has 1 aliphatic heterocycles. The van der Waals surface area contributed by atoms with Gasteiger partial charge in [-0.2, -0.15) is 0 Å². The quantitative estimate of drug-likeness (QED) is 0.704. The highest BCUT2D eigenvalue weighted by atomic mass is 16.5.